The second-order valence-corrected chi connectivity index (χ2v) is 5.43. The quantitative estimate of drug-likeness (QED) is 0.791. The Hall–Kier alpha value is -2.67. The number of nitrogens with one attached hydrogen (secondary N) is 1. The van der Waals surface area contributed by atoms with E-state index in [1.807, 2.05) is 0 Å². The van der Waals surface area contributed by atoms with Gasteiger partial charge in [0.2, 0.25) is 0 Å². The van der Waals surface area contributed by atoms with Gasteiger partial charge in [-0.05, 0) is 37.3 Å². The van der Waals surface area contributed by atoms with Gasteiger partial charge in [0.25, 0.3) is 5.91 Å². The van der Waals surface area contributed by atoms with Crippen molar-refractivity contribution in [3.63, 3.8) is 0 Å². The number of rotatable bonds is 6. The molecule has 0 saturated carbocycles. The van der Waals surface area contributed by atoms with Gasteiger partial charge in [-0.2, -0.15) is 0 Å². The van der Waals surface area contributed by atoms with Crippen LogP contribution in [0.1, 0.15) is 6.92 Å². The third-order valence-corrected chi connectivity index (χ3v) is 3.25. The summed E-state index contributed by atoms with van der Waals surface area (Å²) in [4.78, 5) is 23.6. The van der Waals surface area contributed by atoms with Crippen LogP contribution in [-0.4, -0.2) is 24.6 Å². The highest BCUT2D eigenvalue weighted by Gasteiger charge is 2.19. The van der Waals surface area contributed by atoms with E-state index in [4.69, 9.17) is 21.1 Å². The van der Waals surface area contributed by atoms with Crippen LogP contribution in [-0.2, 0) is 14.3 Å². The van der Waals surface area contributed by atoms with E-state index in [9.17, 15) is 18.4 Å². The lowest BCUT2D eigenvalue weighted by atomic mass is 10.3. The average molecular weight is 370 g/mol. The van der Waals surface area contributed by atoms with E-state index >= 15 is 0 Å². The maximum atomic E-state index is 13.1. The van der Waals surface area contributed by atoms with Crippen molar-refractivity contribution in [2.24, 2.45) is 0 Å². The number of hydrogen-bond donors (Lipinski definition) is 1. The van der Waals surface area contributed by atoms with Crippen LogP contribution >= 0.6 is 11.6 Å². The first-order valence-electron chi connectivity index (χ1n) is 7.19. The standard InChI is InChI=1S/C17H14ClF2NO4/c1-10(17(23)21-12-5-6-14(19)15(20)8-12)25-16(22)9-24-13-4-2-3-11(18)7-13/h2-8,10H,9H2,1H3,(H,21,23)/t10-/m0/s1. The first-order chi connectivity index (χ1) is 11.8. The molecule has 1 amide bonds. The minimum absolute atomic E-state index is 0.0435. The number of hydrogen-bond acceptors (Lipinski definition) is 4. The number of amides is 1. The van der Waals surface area contributed by atoms with Crippen molar-refractivity contribution in [1.82, 2.24) is 0 Å². The third-order valence-electron chi connectivity index (χ3n) is 3.02. The highest BCUT2D eigenvalue weighted by atomic mass is 35.5. The Balaban J connectivity index is 1.83. The molecule has 2 aromatic carbocycles. The lowest BCUT2D eigenvalue weighted by molar-refractivity contribution is -0.155. The number of anilines is 1. The number of ether oxygens (including phenoxy) is 2. The number of halogens is 3. The molecule has 0 radical (unpaired) electrons. The predicted molar refractivity (Wildman–Crippen MR) is 87.5 cm³/mol. The Morgan fingerprint density at radius 2 is 1.92 bits per heavy atom. The molecule has 0 fully saturated rings. The van der Waals surface area contributed by atoms with Gasteiger partial charge in [-0.1, -0.05) is 17.7 Å². The van der Waals surface area contributed by atoms with Crippen LogP contribution in [0.4, 0.5) is 14.5 Å². The molecule has 5 nitrogen and oxygen atoms in total. The molecule has 0 aliphatic rings. The Bertz CT molecular complexity index is 785. The second kappa shape index (κ2) is 8.43. The molecule has 8 heteroatoms. The van der Waals surface area contributed by atoms with Gasteiger partial charge in [0, 0.05) is 16.8 Å². The first-order valence-corrected chi connectivity index (χ1v) is 7.56. The summed E-state index contributed by atoms with van der Waals surface area (Å²) in [5.41, 5.74) is 0.0435. The molecule has 0 saturated heterocycles. The van der Waals surface area contributed by atoms with Gasteiger partial charge in [0.05, 0.1) is 0 Å². The molecule has 25 heavy (non-hydrogen) atoms. The smallest absolute Gasteiger partial charge is 0.344 e. The highest BCUT2D eigenvalue weighted by Crippen LogP contribution is 2.17. The molecule has 0 aliphatic heterocycles. The molecule has 1 N–H and O–H groups in total. The Kier molecular flexibility index (Phi) is 6.30. The van der Waals surface area contributed by atoms with E-state index in [1.54, 1.807) is 18.2 Å². The van der Waals surface area contributed by atoms with E-state index in [0.29, 0.717) is 10.8 Å². The number of esters is 1. The van der Waals surface area contributed by atoms with Crippen LogP contribution in [0.5, 0.6) is 5.75 Å². The van der Waals surface area contributed by atoms with E-state index in [2.05, 4.69) is 5.32 Å². The SMILES string of the molecule is C[C@H](OC(=O)COc1cccc(Cl)c1)C(=O)Nc1ccc(F)c(F)c1. The molecule has 2 rings (SSSR count). The van der Waals surface area contributed by atoms with Crippen LogP contribution < -0.4 is 10.1 Å². The monoisotopic (exact) mass is 369 g/mol. The van der Waals surface area contributed by atoms with Crippen molar-refractivity contribution >= 4 is 29.2 Å². The van der Waals surface area contributed by atoms with Gasteiger partial charge >= 0.3 is 5.97 Å². The summed E-state index contributed by atoms with van der Waals surface area (Å²) in [6, 6.07) is 9.32. The normalized spacial score (nSPS) is 11.5. The Morgan fingerprint density at radius 3 is 2.60 bits per heavy atom. The van der Waals surface area contributed by atoms with Gasteiger partial charge in [-0.3, -0.25) is 4.79 Å². The molecular formula is C17H14ClF2NO4. The molecule has 0 bridgehead atoms. The average Bonchev–Trinajstić information content (AvgIpc) is 2.56. The third kappa shape index (κ3) is 5.72. The van der Waals surface area contributed by atoms with Crippen molar-refractivity contribution < 1.29 is 27.8 Å². The largest absolute Gasteiger partial charge is 0.482 e. The number of carbonyl (C=O) groups excluding carboxylic acids is 2. The molecule has 1 atom stereocenters. The maximum absolute atomic E-state index is 13.1. The summed E-state index contributed by atoms with van der Waals surface area (Å²) < 4.78 is 36.0. The van der Waals surface area contributed by atoms with Gasteiger partial charge in [-0.15, -0.1) is 0 Å². The maximum Gasteiger partial charge on any atom is 0.344 e. The lowest BCUT2D eigenvalue weighted by Crippen LogP contribution is -2.31. The predicted octanol–water partition coefficient (Wildman–Crippen LogP) is 3.57. The molecule has 0 aromatic heterocycles. The summed E-state index contributed by atoms with van der Waals surface area (Å²) in [7, 11) is 0. The molecule has 0 heterocycles. The van der Waals surface area contributed by atoms with Gasteiger partial charge in [-0.25, -0.2) is 13.6 Å². The molecular weight excluding hydrogens is 356 g/mol. The van der Waals surface area contributed by atoms with E-state index in [1.165, 1.54) is 19.1 Å². The summed E-state index contributed by atoms with van der Waals surface area (Å²) in [6.07, 6.45) is -1.15. The first kappa shape index (κ1) is 18.7. The minimum Gasteiger partial charge on any atom is -0.482 e. The summed E-state index contributed by atoms with van der Waals surface area (Å²) in [5.74, 6) is -3.22. The molecule has 132 valence electrons. The van der Waals surface area contributed by atoms with Crippen molar-refractivity contribution in [1.29, 1.82) is 0 Å². The summed E-state index contributed by atoms with van der Waals surface area (Å²) in [5, 5.41) is 2.76. The molecule has 0 aliphatic carbocycles. The van der Waals surface area contributed by atoms with Crippen LogP contribution in [0.25, 0.3) is 0 Å². The van der Waals surface area contributed by atoms with Crippen molar-refractivity contribution in [3.8, 4) is 5.75 Å². The molecule has 2 aromatic rings. The van der Waals surface area contributed by atoms with Crippen LogP contribution in [0.3, 0.4) is 0 Å². The van der Waals surface area contributed by atoms with Gasteiger partial charge in [0.1, 0.15) is 5.75 Å². The zero-order valence-corrected chi connectivity index (χ0v) is 13.8. The number of carbonyl (C=O) groups is 2. The van der Waals surface area contributed by atoms with Gasteiger partial charge < -0.3 is 14.8 Å². The van der Waals surface area contributed by atoms with E-state index in [0.717, 1.165) is 12.1 Å². The minimum atomic E-state index is -1.15. The summed E-state index contributed by atoms with van der Waals surface area (Å²) in [6.45, 7) is 0.926. The Labute approximate surface area is 147 Å². The van der Waals surface area contributed by atoms with Crippen molar-refractivity contribution in [2.45, 2.75) is 13.0 Å². The number of benzene rings is 2. The topological polar surface area (TPSA) is 64.6 Å². The highest BCUT2D eigenvalue weighted by molar-refractivity contribution is 6.30. The van der Waals surface area contributed by atoms with E-state index in [-0.39, 0.29) is 5.69 Å². The lowest BCUT2D eigenvalue weighted by Gasteiger charge is -2.14. The van der Waals surface area contributed by atoms with Crippen LogP contribution in [0.2, 0.25) is 5.02 Å². The van der Waals surface area contributed by atoms with Crippen LogP contribution in [0, 0.1) is 11.6 Å². The fourth-order valence-electron chi connectivity index (χ4n) is 1.80. The zero-order chi connectivity index (χ0) is 18.4. The van der Waals surface area contributed by atoms with Crippen molar-refractivity contribution in [3.05, 3.63) is 59.1 Å². The van der Waals surface area contributed by atoms with Crippen molar-refractivity contribution in [2.75, 3.05) is 11.9 Å². The summed E-state index contributed by atoms with van der Waals surface area (Å²) >= 11 is 5.78. The second-order valence-electron chi connectivity index (χ2n) is 5.00. The fourth-order valence-corrected chi connectivity index (χ4v) is 1.98. The molecule has 0 unspecified atom stereocenters. The van der Waals surface area contributed by atoms with Gasteiger partial charge in [0.15, 0.2) is 24.3 Å². The van der Waals surface area contributed by atoms with E-state index < -0.39 is 36.2 Å². The van der Waals surface area contributed by atoms with Crippen LogP contribution in [0.15, 0.2) is 42.5 Å². The Morgan fingerprint density at radius 1 is 1.16 bits per heavy atom. The fraction of sp³-hybridized carbons (Fsp3) is 0.176. The zero-order valence-electron chi connectivity index (χ0n) is 13.1. The molecule has 0 spiro atoms.